The lowest BCUT2D eigenvalue weighted by Crippen LogP contribution is -2.15. The van der Waals surface area contributed by atoms with Gasteiger partial charge in [-0.3, -0.25) is 4.79 Å². The van der Waals surface area contributed by atoms with E-state index >= 15 is 0 Å². The molecule has 0 amide bonds. The van der Waals surface area contributed by atoms with E-state index < -0.39 is 5.97 Å². The molecule has 0 aliphatic carbocycles. The zero-order chi connectivity index (χ0) is 17.0. The van der Waals surface area contributed by atoms with Crippen molar-refractivity contribution >= 4 is 29.3 Å². The van der Waals surface area contributed by atoms with E-state index in [2.05, 4.69) is 5.10 Å². The molecule has 0 unspecified atom stereocenters. The molecule has 0 bridgehead atoms. The molecule has 122 valence electrons. The van der Waals surface area contributed by atoms with E-state index in [1.807, 2.05) is 19.1 Å². The van der Waals surface area contributed by atoms with Gasteiger partial charge in [0.1, 0.15) is 23.0 Å². The van der Waals surface area contributed by atoms with E-state index in [-0.39, 0.29) is 30.3 Å². The maximum Gasteiger partial charge on any atom is 0.344 e. The van der Waals surface area contributed by atoms with Crippen LogP contribution in [0, 0.1) is 6.92 Å². The Hall–Kier alpha value is -2.28. The number of carbonyl (C=O) groups is 2. The summed E-state index contributed by atoms with van der Waals surface area (Å²) in [4.78, 5) is 24.3. The van der Waals surface area contributed by atoms with Gasteiger partial charge in [-0.15, -0.1) is 11.8 Å². The molecule has 1 heterocycles. The lowest BCUT2D eigenvalue weighted by atomic mass is 10.1. The molecule has 2 N–H and O–H groups in total. The number of ether oxygens (including phenoxy) is 1. The number of nitrogens with zero attached hydrogens (tertiary/aromatic N) is 2. The number of rotatable bonds is 6. The average molecular weight is 333 g/mol. The van der Waals surface area contributed by atoms with Crippen LogP contribution in [-0.4, -0.2) is 34.4 Å². The van der Waals surface area contributed by atoms with Crippen molar-refractivity contribution < 1.29 is 14.3 Å². The number of nitrogens with two attached hydrogens (primary N) is 1. The third-order valence-corrected chi connectivity index (χ3v) is 3.97. The third-order valence-electron chi connectivity index (χ3n) is 3.30. The van der Waals surface area contributed by atoms with Gasteiger partial charge in [-0.2, -0.15) is 5.10 Å². The summed E-state index contributed by atoms with van der Waals surface area (Å²) in [5.41, 5.74) is 7.87. The van der Waals surface area contributed by atoms with Crippen LogP contribution in [0.5, 0.6) is 0 Å². The molecule has 0 fully saturated rings. The highest BCUT2D eigenvalue weighted by molar-refractivity contribution is 7.98. The lowest BCUT2D eigenvalue weighted by molar-refractivity contribution is 0.0523. The number of benzene rings is 1. The van der Waals surface area contributed by atoms with Crippen molar-refractivity contribution in [2.24, 2.45) is 0 Å². The molecule has 1 aromatic carbocycles. The average Bonchev–Trinajstić information content (AvgIpc) is 2.84. The summed E-state index contributed by atoms with van der Waals surface area (Å²) in [5, 5.41) is 4.70. The summed E-state index contributed by atoms with van der Waals surface area (Å²) in [5.74, 6) is -0.501. The minimum absolute atomic E-state index is 0.0259. The molecule has 0 saturated heterocycles. The van der Waals surface area contributed by atoms with Gasteiger partial charge in [0.25, 0.3) is 0 Å². The minimum atomic E-state index is -0.525. The Bertz CT molecular complexity index is 723. The Kier molecular flexibility index (Phi) is 5.44. The van der Waals surface area contributed by atoms with Gasteiger partial charge in [-0.1, -0.05) is 29.8 Å². The largest absolute Gasteiger partial charge is 0.462 e. The topological polar surface area (TPSA) is 87.2 Å². The molecule has 7 heteroatoms. The number of carbonyl (C=O) groups excluding carboxylic acids is 2. The van der Waals surface area contributed by atoms with Gasteiger partial charge in [0.15, 0.2) is 5.78 Å². The van der Waals surface area contributed by atoms with Gasteiger partial charge < -0.3 is 10.5 Å². The zero-order valence-corrected chi connectivity index (χ0v) is 14.1. The Morgan fingerprint density at radius 2 is 1.96 bits per heavy atom. The van der Waals surface area contributed by atoms with E-state index in [9.17, 15) is 9.59 Å². The number of anilines is 1. The van der Waals surface area contributed by atoms with Gasteiger partial charge >= 0.3 is 5.97 Å². The van der Waals surface area contributed by atoms with E-state index in [0.29, 0.717) is 10.6 Å². The SMILES string of the molecule is CCOC(=O)c1c(SC)nn(CC(=O)c2ccc(C)cc2)c1N. The first-order valence-electron chi connectivity index (χ1n) is 7.15. The van der Waals surface area contributed by atoms with Crippen LogP contribution in [-0.2, 0) is 11.3 Å². The maximum absolute atomic E-state index is 12.3. The zero-order valence-electron chi connectivity index (χ0n) is 13.3. The van der Waals surface area contributed by atoms with Crippen LogP contribution >= 0.6 is 11.8 Å². The van der Waals surface area contributed by atoms with Crippen LogP contribution in [0.4, 0.5) is 5.82 Å². The summed E-state index contributed by atoms with van der Waals surface area (Å²) in [7, 11) is 0. The van der Waals surface area contributed by atoms with Crippen molar-refractivity contribution in [2.75, 3.05) is 18.6 Å². The molecule has 2 aromatic rings. The van der Waals surface area contributed by atoms with Crippen LogP contribution in [0.3, 0.4) is 0 Å². The standard InChI is InChI=1S/C16H19N3O3S/c1-4-22-16(21)13-14(17)19(18-15(13)23-3)9-12(20)11-7-5-10(2)6-8-11/h5-8H,4,9,17H2,1-3H3. The molecule has 0 radical (unpaired) electrons. The fraction of sp³-hybridized carbons (Fsp3) is 0.312. The van der Waals surface area contributed by atoms with Gasteiger partial charge in [0.05, 0.1) is 6.61 Å². The van der Waals surface area contributed by atoms with Crippen molar-refractivity contribution in [3.63, 3.8) is 0 Å². The number of hydrogen-bond acceptors (Lipinski definition) is 6. The van der Waals surface area contributed by atoms with Crippen molar-refractivity contribution in [1.29, 1.82) is 0 Å². The van der Waals surface area contributed by atoms with Gasteiger partial charge in [0.2, 0.25) is 0 Å². The number of aryl methyl sites for hydroxylation is 1. The molecular weight excluding hydrogens is 314 g/mol. The molecule has 0 aliphatic rings. The number of esters is 1. The first-order chi connectivity index (χ1) is 11.0. The molecular formula is C16H19N3O3S. The maximum atomic E-state index is 12.3. The molecule has 0 saturated carbocycles. The molecule has 0 aliphatic heterocycles. The Morgan fingerprint density at radius 3 is 2.52 bits per heavy atom. The summed E-state index contributed by atoms with van der Waals surface area (Å²) in [6.07, 6.45) is 1.79. The Morgan fingerprint density at radius 1 is 1.30 bits per heavy atom. The minimum Gasteiger partial charge on any atom is -0.462 e. The van der Waals surface area contributed by atoms with E-state index in [1.165, 1.54) is 16.4 Å². The quantitative estimate of drug-likeness (QED) is 0.496. The molecule has 6 nitrogen and oxygen atoms in total. The fourth-order valence-corrected chi connectivity index (χ4v) is 2.65. The number of ketones is 1. The first kappa shape index (κ1) is 17.1. The molecule has 0 atom stereocenters. The van der Waals surface area contributed by atoms with Crippen LogP contribution in [0.25, 0.3) is 0 Å². The predicted molar refractivity (Wildman–Crippen MR) is 89.9 cm³/mol. The molecule has 2 rings (SSSR count). The Balaban J connectivity index is 2.28. The normalized spacial score (nSPS) is 10.6. The number of hydrogen-bond donors (Lipinski definition) is 1. The predicted octanol–water partition coefficient (Wildman–Crippen LogP) is 2.56. The van der Waals surface area contributed by atoms with E-state index in [1.54, 1.807) is 25.3 Å². The number of thioether (sulfide) groups is 1. The third kappa shape index (κ3) is 3.73. The van der Waals surface area contributed by atoms with Crippen LogP contribution in [0.15, 0.2) is 29.3 Å². The lowest BCUT2D eigenvalue weighted by Gasteiger charge is -2.05. The number of Topliss-reactive ketones (excluding diaryl/α,β-unsaturated/α-hetero) is 1. The van der Waals surface area contributed by atoms with Crippen molar-refractivity contribution in [3.05, 3.63) is 41.0 Å². The van der Waals surface area contributed by atoms with Crippen molar-refractivity contribution in [2.45, 2.75) is 25.4 Å². The molecule has 23 heavy (non-hydrogen) atoms. The smallest absolute Gasteiger partial charge is 0.344 e. The van der Waals surface area contributed by atoms with E-state index in [4.69, 9.17) is 10.5 Å². The highest BCUT2D eigenvalue weighted by Crippen LogP contribution is 2.26. The number of nitrogen functional groups attached to an aromatic ring is 1. The monoisotopic (exact) mass is 333 g/mol. The second kappa shape index (κ2) is 7.32. The highest BCUT2D eigenvalue weighted by Gasteiger charge is 2.24. The second-order valence-corrected chi connectivity index (χ2v) is 5.73. The van der Waals surface area contributed by atoms with Gasteiger partial charge in [-0.25, -0.2) is 9.48 Å². The van der Waals surface area contributed by atoms with Crippen LogP contribution in [0.2, 0.25) is 0 Å². The summed E-state index contributed by atoms with van der Waals surface area (Å²) in [6.45, 7) is 3.90. The Labute approximate surface area is 139 Å². The van der Waals surface area contributed by atoms with Crippen molar-refractivity contribution in [3.8, 4) is 0 Å². The van der Waals surface area contributed by atoms with Crippen LogP contribution in [0.1, 0.15) is 33.2 Å². The van der Waals surface area contributed by atoms with Crippen molar-refractivity contribution in [1.82, 2.24) is 9.78 Å². The summed E-state index contributed by atoms with van der Waals surface area (Å²) in [6, 6.07) is 7.27. The summed E-state index contributed by atoms with van der Waals surface area (Å²) < 4.78 is 6.34. The van der Waals surface area contributed by atoms with Crippen LogP contribution < -0.4 is 5.73 Å². The number of aromatic nitrogens is 2. The highest BCUT2D eigenvalue weighted by atomic mass is 32.2. The van der Waals surface area contributed by atoms with Gasteiger partial charge in [0, 0.05) is 5.56 Å². The fourth-order valence-electron chi connectivity index (χ4n) is 2.08. The van der Waals surface area contributed by atoms with E-state index in [0.717, 1.165) is 5.56 Å². The molecule has 1 aromatic heterocycles. The summed E-state index contributed by atoms with van der Waals surface area (Å²) >= 11 is 1.29. The first-order valence-corrected chi connectivity index (χ1v) is 8.37. The second-order valence-electron chi connectivity index (χ2n) is 4.94. The van der Waals surface area contributed by atoms with Gasteiger partial charge in [-0.05, 0) is 20.1 Å². The molecule has 0 spiro atoms.